The zero-order valence-corrected chi connectivity index (χ0v) is 10.2. The fourth-order valence-corrected chi connectivity index (χ4v) is 3.79. The first-order valence-corrected chi connectivity index (χ1v) is 6.44. The van der Waals surface area contributed by atoms with Gasteiger partial charge in [-0.1, -0.05) is 36.4 Å². The van der Waals surface area contributed by atoms with Crippen molar-refractivity contribution in [3.8, 4) is 0 Å². The Kier molecular flexibility index (Phi) is 1.69. The number of aromatic nitrogens is 1. The van der Waals surface area contributed by atoms with Crippen molar-refractivity contribution >= 4 is 42.5 Å². The van der Waals surface area contributed by atoms with Crippen LogP contribution < -0.4 is 0 Å². The summed E-state index contributed by atoms with van der Waals surface area (Å²) in [5, 5.41) is 2.66. The highest BCUT2D eigenvalue weighted by Gasteiger charge is 2.13. The number of aryl methyl sites for hydroxylation is 1. The second-order valence-corrected chi connectivity index (χ2v) is 5.29. The van der Waals surface area contributed by atoms with E-state index in [9.17, 15) is 0 Å². The van der Waals surface area contributed by atoms with Gasteiger partial charge < -0.3 is 4.57 Å². The zero-order chi connectivity index (χ0) is 11.4. The van der Waals surface area contributed by atoms with Gasteiger partial charge >= 0.3 is 0 Å². The number of hydrogen-bond acceptors (Lipinski definition) is 1. The molecule has 0 aliphatic carbocycles. The average molecular weight is 236 g/mol. The van der Waals surface area contributed by atoms with Crippen molar-refractivity contribution in [2.45, 2.75) is 0 Å². The van der Waals surface area contributed by atoms with Crippen molar-refractivity contribution in [3.63, 3.8) is 0 Å². The molecule has 2 heterocycles. The first-order chi connectivity index (χ1) is 8.36. The second-order valence-electron chi connectivity index (χ2n) is 4.27. The van der Waals surface area contributed by atoms with E-state index in [0.717, 1.165) is 0 Å². The van der Waals surface area contributed by atoms with Crippen LogP contribution in [0.1, 0.15) is 0 Å². The van der Waals surface area contributed by atoms with E-state index in [1.807, 2.05) is 17.4 Å². The minimum absolute atomic E-state index is 1.25. The van der Waals surface area contributed by atoms with Crippen LogP contribution in [0.3, 0.4) is 0 Å². The van der Waals surface area contributed by atoms with Gasteiger partial charge in [-0.2, -0.15) is 0 Å². The van der Waals surface area contributed by atoms with Crippen molar-refractivity contribution in [2.75, 3.05) is 0 Å². The second kappa shape index (κ2) is 3.11. The number of rotatable bonds is 0. The Bertz CT molecular complexity index is 845. The molecule has 0 saturated heterocycles. The minimum atomic E-state index is 1.25. The summed E-state index contributed by atoms with van der Waals surface area (Å²) in [4.78, 5) is 0. The van der Waals surface area contributed by atoms with Crippen LogP contribution in [0.4, 0.5) is 0 Å². The summed E-state index contributed by atoms with van der Waals surface area (Å²) in [6.07, 6.45) is 0. The Hall–Kier alpha value is -1.80. The van der Waals surface area contributed by atoms with E-state index in [0.29, 0.717) is 0 Å². The highest BCUT2D eigenvalue weighted by molar-refractivity contribution is 7.26. The van der Waals surface area contributed by atoms with E-state index in [4.69, 9.17) is 0 Å². The molecule has 0 bridgehead atoms. The van der Waals surface area contributed by atoms with Crippen molar-refractivity contribution in [3.05, 3.63) is 48.5 Å². The van der Waals surface area contributed by atoms with Crippen molar-refractivity contribution in [2.24, 2.45) is 7.05 Å². The molecule has 0 saturated carbocycles. The Morgan fingerprint density at radius 3 is 2.82 bits per heavy atom. The fourth-order valence-electron chi connectivity index (χ4n) is 2.56. The molecule has 4 aromatic rings. The molecule has 81 valence electrons. The van der Waals surface area contributed by atoms with Crippen molar-refractivity contribution < 1.29 is 0 Å². The van der Waals surface area contributed by atoms with E-state index in [-0.39, 0.29) is 0 Å². The molecule has 0 spiro atoms. The van der Waals surface area contributed by atoms with E-state index in [1.54, 1.807) is 0 Å². The molecule has 2 aromatic carbocycles. The van der Waals surface area contributed by atoms with Gasteiger partial charge in [0.2, 0.25) is 0 Å². The standard InChI is InChI=1S/C15H10NS/c1-16-12-8-4-2-6-10(12)15-14(16)11-7-3-5-9-13(11)17-15/h2-8H,1H3. The van der Waals surface area contributed by atoms with Gasteiger partial charge in [0.15, 0.2) is 0 Å². The topological polar surface area (TPSA) is 4.93 Å². The van der Waals surface area contributed by atoms with Gasteiger partial charge in [0.1, 0.15) is 0 Å². The molecule has 4 rings (SSSR count). The third-order valence-electron chi connectivity index (χ3n) is 3.34. The summed E-state index contributed by atoms with van der Waals surface area (Å²) in [7, 11) is 2.14. The Morgan fingerprint density at radius 1 is 1.06 bits per heavy atom. The lowest BCUT2D eigenvalue weighted by Crippen LogP contribution is -1.85. The van der Waals surface area contributed by atoms with E-state index < -0.39 is 0 Å². The summed E-state index contributed by atoms with van der Waals surface area (Å²) in [6.45, 7) is 0. The molecule has 0 amide bonds. The molecular weight excluding hydrogens is 226 g/mol. The van der Waals surface area contributed by atoms with Gasteiger partial charge in [0.05, 0.1) is 10.2 Å². The number of hydrogen-bond donors (Lipinski definition) is 0. The van der Waals surface area contributed by atoms with Gasteiger partial charge in [0, 0.05) is 34.1 Å². The minimum Gasteiger partial charge on any atom is -0.342 e. The highest BCUT2D eigenvalue weighted by Crippen LogP contribution is 2.39. The maximum atomic E-state index is 3.32. The molecule has 0 aliphatic heterocycles. The van der Waals surface area contributed by atoms with E-state index in [2.05, 4.69) is 54.1 Å². The van der Waals surface area contributed by atoms with Crippen LogP contribution in [0.2, 0.25) is 0 Å². The lowest BCUT2D eigenvalue weighted by Gasteiger charge is -1.97. The first-order valence-electron chi connectivity index (χ1n) is 5.62. The van der Waals surface area contributed by atoms with Crippen LogP contribution in [0.5, 0.6) is 0 Å². The normalized spacial score (nSPS) is 11.8. The molecule has 0 unspecified atom stereocenters. The number of thiophene rings is 1. The van der Waals surface area contributed by atoms with Gasteiger partial charge in [0.25, 0.3) is 0 Å². The molecule has 0 N–H and O–H groups in total. The summed E-state index contributed by atoms with van der Waals surface area (Å²) in [5.41, 5.74) is 2.64. The van der Waals surface area contributed by atoms with Crippen LogP contribution >= 0.6 is 11.3 Å². The van der Waals surface area contributed by atoms with E-state index in [1.165, 1.54) is 31.2 Å². The van der Waals surface area contributed by atoms with Crippen molar-refractivity contribution in [1.82, 2.24) is 4.57 Å². The predicted molar refractivity (Wildman–Crippen MR) is 74.6 cm³/mol. The van der Waals surface area contributed by atoms with Gasteiger partial charge in [-0.25, -0.2) is 0 Å². The predicted octanol–water partition coefficient (Wildman–Crippen LogP) is 4.35. The molecule has 2 heteroatoms. The smallest absolute Gasteiger partial charge is 0.0678 e. The van der Waals surface area contributed by atoms with Crippen molar-refractivity contribution in [1.29, 1.82) is 0 Å². The molecule has 0 atom stereocenters. The number of nitrogens with zero attached hydrogens (tertiary/aromatic N) is 1. The van der Waals surface area contributed by atoms with Crippen LogP contribution in [-0.4, -0.2) is 4.57 Å². The third-order valence-corrected chi connectivity index (χ3v) is 4.50. The monoisotopic (exact) mass is 236 g/mol. The molecule has 1 radical (unpaired) electrons. The SMILES string of the molecule is Cn1c2ccccc2c2sc3[c]cccc3c21. The largest absolute Gasteiger partial charge is 0.342 e. The first kappa shape index (κ1) is 9.25. The molecule has 1 nitrogen and oxygen atoms in total. The summed E-state index contributed by atoms with van der Waals surface area (Å²) in [5.74, 6) is 0. The van der Waals surface area contributed by atoms with Gasteiger partial charge in [-0.3, -0.25) is 0 Å². The third kappa shape index (κ3) is 1.08. The summed E-state index contributed by atoms with van der Waals surface area (Å²) < 4.78 is 4.91. The quantitative estimate of drug-likeness (QED) is 0.428. The Labute approximate surface area is 103 Å². The van der Waals surface area contributed by atoms with Crippen LogP contribution in [0.25, 0.3) is 31.2 Å². The molecule has 2 aromatic heterocycles. The summed E-state index contributed by atoms with van der Waals surface area (Å²) >= 11 is 1.84. The number of benzene rings is 2. The van der Waals surface area contributed by atoms with Crippen LogP contribution in [0.15, 0.2) is 42.5 Å². The van der Waals surface area contributed by atoms with Crippen LogP contribution in [0, 0.1) is 6.07 Å². The zero-order valence-electron chi connectivity index (χ0n) is 9.40. The fraction of sp³-hybridized carbons (Fsp3) is 0.0667. The van der Waals surface area contributed by atoms with E-state index >= 15 is 0 Å². The molecule has 17 heavy (non-hydrogen) atoms. The highest BCUT2D eigenvalue weighted by atomic mass is 32.1. The molecular formula is C15H10NS. The number of fused-ring (bicyclic) bond motifs is 5. The number of para-hydroxylation sites is 1. The van der Waals surface area contributed by atoms with Gasteiger partial charge in [-0.05, 0) is 6.07 Å². The lowest BCUT2D eigenvalue weighted by atomic mass is 10.2. The maximum absolute atomic E-state index is 3.32. The van der Waals surface area contributed by atoms with Gasteiger partial charge in [-0.15, -0.1) is 11.3 Å². The Balaban J connectivity index is 2.40. The summed E-state index contributed by atoms with van der Waals surface area (Å²) in [6, 6.07) is 18.1. The van der Waals surface area contributed by atoms with Crippen LogP contribution in [-0.2, 0) is 7.05 Å². The Morgan fingerprint density at radius 2 is 1.88 bits per heavy atom. The lowest BCUT2D eigenvalue weighted by molar-refractivity contribution is 1.02. The average Bonchev–Trinajstić information content (AvgIpc) is 2.88. The maximum Gasteiger partial charge on any atom is 0.0678 e. The molecule has 0 aliphatic rings. The molecule has 0 fully saturated rings.